The second kappa shape index (κ2) is 11.9. The zero-order valence-electron chi connectivity index (χ0n) is 13.9. The Balaban J connectivity index is 0.00000529. The molecule has 0 radical (unpaired) electrons. The van der Waals surface area contributed by atoms with Crippen molar-refractivity contribution in [3.63, 3.8) is 0 Å². The van der Waals surface area contributed by atoms with Crippen molar-refractivity contribution < 1.29 is 27.4 Å². The minimum Gasteiger partial charge on any atom is -0.380 e. The Morgan fingerprint density at radius 1 is 1.25 bits per heavy atom. The molecule has 1 aliphatic rings. The molecule has 0 aliphatic carbocycles. The van der Waals surface area contributed by atoms with Gasteiger partial charge in [0, 0.05) is 53.0 Å². The Labute approximate surface area is 146 Å². The van der Waals surface area contributed by atoms with Gasteiger partial charge in [-0.3, -0.25) is 9.69 Å². The molecular formula is C14H27ClF3N3O3. The average Bonchev–Trinajstić information content (AvgIpc) is 2.51. The number of carbonyl (C=O) groups is 1. The molecule has 1 atom stereocenters. The fraction of sp³-hybridized carbons (Fsp3) is 0.929. The van der Waals surface area contributed by atoms with Crippen molar-refractivity contribution in [2.45, 2.75) is 25.1 Å². The van der Waals surface area contributed by atoms with Crippen molar-refractivity contribution >= 4 is 18.3 Å². The zero-order valence-corrected chi connectivity index (χ0v) is 14.7. The molecule has 2 N–H and O–H groups in total. The zero-order chi connectivity index (χ0) is 17.3. The highest BCUT2D eigenvalue weighted by Gasteiger charge is 2.27. The van der Waals surface area contributed by atoms with Crippen LogP contribution in [0.5, 0.6) is 0 Å². The fourth-order valence-electron chi connectivity index (χ4n) is 2.39. The van der Waals surface area contributed by atoms with Crippen LogP contribution in [0.2, 0.25) is 0 Å². The number of nitrogens with zero attached hydrogens (tertiary/aromatic N) is 2. The number of alkyl halides is 3. The molecule has 0 saturated carbocycles. The SMILES string of the molecule is COC(CN)CC(=O)N1CCN(CCCOCC(F)(F)F)CC1.Cl. The molecule has 1 amide bonds. The van der Waals surface area contributed by atoms with Gasteiger partial charge in [0.15, 0.2) is 0 Å². The van der Waals surface area contributed by atoms with Crippen LogP contribution in [0.1, 0.15) is 12.8 Å². The third-order valence-corrected chi connectivity index (χ3v) is 3.75. The smallest absolute Gasteiger partial charge is 0.380 e. The van der Waals surface area contributed by atoms with Crippen LogP contribution in [-0.4, -0.2) is 87.6 Å². The lowest BCUT2D eigenvalue weighted by molar-refractivity contribution is -0.174. The van der Waals surface area contributed by atoms with E-state index in [0.717, 1.165) is 0 Å². The number of ether oxygens (including phenoxy) is 2. The first kappa shape index (κ1) is 23.4. The second-order valence-corrected chi connectivity index (χ2v) is 5.54. The highest BCUT2D eigenvalue weighted by molar-refractivity contribution is 5.85. The van der Waals surface area contributed by atoms with E-state index in [2.05, 4.69) is 9.64 Å². The number of methoxy groups -OCH3 is 1. The van der Waals surface area contributed by atoms with E-state index in [1.807, 2.05) is 0 Å². The van der Waals surface area contributed by atoms with Gasteiger partial charge in [0.05, 0.1) is 12.5 Å². The lowest BCUT2D eigenvalue weighted by Gasteiger charge is -2.35. The molecular weight excluding hydrogens is 351 g/mol. The van der Waals surface area contributed by atoms with E-state index in [-0.39, 0.29) is 37.4 Å². The van der Waals surface area contributed by atoms with Crippen molar-refractivity contribution in [3.8, 4) is 0 Å². The quantitative estimate of drug-likeness (QED) is 0.604. The standard InChI is InChI=1S/C14H26F3N3O3.ClH/c1-22-12(10-18)9-13(21)20-6-4-19(5-7-20)3-2-8-23-11-14(15,16)17;/h12H,2-11,18H2,1H3;1H. The van der Waals surface area contributed by atoms with E-state index in [9.17, 15) is 18.0 Å². The van der Waals surface area contributed by atoms with Crippen LogP contribution in [0.25, 0.3) is 0 Å². The van der Waals surface area contributed by atoms with Crippen LogP contribution >= 0.6 is 12.4 Å². The van der Waals surface area contributed by atoms with Crippen molar-refractivity contribution in [1.82, 2.24) is 9.80 Å². The van der Waals surface area contributed by atoms with Gasteiger partial charge in [0.25, 0.3) is 0 Å². The molecule has 0 aromatic rings. The summed E-state index contributed by atoms with van der Waals surface area (Å²) in [5, 5.41) is 0. The summed E-state index contributed by atoms with van der Waals surface area (Å²) in [5.74, 6) is 0.0236. The maximum atomic E-state index is 12.1. The third kappa shape index (κ3) is 9.63. The van der Waals surface area contributed by atoms with Gasteiger partial charge in [-0.25, -0.2) is 0 Å². The van der Waals surface area contributed by atoms with E-state index in [1.54, 1.807) is 4.90 Å². The molecule has 1 unspecified atom stereocenters. The average molecular weight is 378 g/mol. The van der Waals surface area contributed by atoms with Gasteiger partial charge in [0.1, 0.15) is 6.61 Å². The van der Waals surface area contributed by atoms with Crippen LogP contribution in [0.3, 0.4) is 0 Å². The summed E-state index contributed by atoms with van der Waals surface area (Å²) in [7, 11) is 1.53. The number of piperazine rings is 1. The van der Waals surface area contributed by atoms with Crippen molar-refractivity contribution in [1.29, 1.82) is 0 Å². The van der Waals surface area contributed by atoms with Gasteiger partial charge < -0.3 is 20.1 Å². The van der Waals surface area contributed by atoms with Crippen LogP contribution in [0, 0.1) is 0 Å². The molecule has 1 rings (SSSR count). The molecule has 1 heterocycles. The van der Waals surface area contributed by atoms with Gasteiger partial charge in [-0.15, -0.1) is 12.4 Å². The molecule has 0 aromatic carbocycles. The maximum absolute atomic E-state index is 12.1. The first-order valence-corrected chi connectivity index (χ1v) is 7.73. The minimum atomic E-state index is -4.27. The van der Waals surface area contributed by atoms with Gasteiger partial charge in [-0.1, -0.05) is 0 Å². The molecule has 1 aliphatic heterocycles. The molecule has 1 fully saturated rings. The Hall–Kier alpha value is -0.610. The molecule has 24 heavy (non-hydrogen) atoms. The predicted molar refractivity (Wildman–Crippen MR) is 86.2 cm³/mol. The first-order valence-electron chi connectivity index (χ1n) is 7.73. The van der Waals surface area contributed by atoms with E-state index < -0.39 is 12.8 Å². The topological polar surface area (TPSA) is 68.0 Å². The number of carbonyl (C=O) groups excluding carboxylic acids is 1. The Kier molecular flexibility index (Phi) is 11.6. The number of hydrogen-bond acceptors (Lipinski definition) is 5. The molecule has 0 aromatic heterocycles. The summed E-state index contributed by atoms with van der Waals surface area (Å²) in [6.45, 7) is 2.52. The molecule has 1 saturated heterocycles. The third-order valence-electron chi connectivity index (χ3n) is 3.75. The van der Waals surface area contributed by atoms with E-state index in [4.69, 9.17) is 10.5 Å². The Morgan fingerprint density at radius 2 is 1.88 bits per heavy atom. The number of amides is 1. The first-order chi connectivity index (χ1) is 10.9. The molecule has 144 valence electrons. The minimum absolute atomic E-state index is 0. The van der Waals surface area contributed by atoms with E-state index in [0.29, 0.717) is 45.7 Å². The van der Waals surface area contributed by atoms with Crippen molar-refractivity contribution in [2.24, 2.45) is 5.73 Å². The Morgan fingerprint density at radius 3 is 2.38 bits per heavy atom. The van der Waals surface area contributed by atoms with Crippen LogP contribution in [-0.2, 0) is 14.3 Å². The number of nitrogens with two attached hydrogens (primary N) is 1. The van der Waals surface area contributed by atoms with E-state index in [1.165, 1.54) is 7.11 Å². The summed E-state index contributed by atoms with van der Waals surface area (Å²) in [5.41, 5.74) is 5.50. The number of hydrogen-bond donors (Lipinski definition) is 1. The predicted octanol–water partition coefficient (Wildman–Crippen LogP) is 0.885. The lowest BCUT2D eigenvalue weighted by atomic mass is 10.2. The molecule has 6 nitrogen and oxygen atoms in total. The van der Waals surface area contributed by atoms with Crippen LogP contribution in [0.4, 0.5) is 13.2 Å². The van der Waals surface area contributed by atoms with Crippen LogP contribution < -0.4 is 5.73 Å². The van der Waals surface area contributed by atoms with Gasteiger partial charge in [-0.2, -0.15) is 13.2 Å². The van der Waals surface area contributed by atoms with Gasteiger partial charge in [0.2, 0.25) is 5.91 Å². The van der Waals surface area contributed by atoms with E-state index >= 15 is 0 Å². The number of halogens is 4. The molecule has 0 spiro atoms. The summed E-state index contributed by atoms with van der Waals surface area (Å²) in [6, 6.07) is 0. The number of rotatable bonds is 9. The highest BCUT2D eigenvalue weighted by atomic mass is 35.5. The second-order valence-electron chi connectivity index (χ2n) is 5.54. The molecule has 10 heteroatoms. The summed E-state index contributed by atoms with van der Waals surface area (Å²) < 4.78 is 45.4. The normalized spacial score (nSPS) is 17.5. The van der Waals surface area contributed by atoms with Crippen molar-refractivity contribution in [2.75, 3.05) is 59.6 Å². The lowest BCUT2D eigenvalue weighted by Crippen LogP contribution is -2.49. The maximum Gasteiger partial charge on any atom is 0.411 e. The van der Waals surface area contributed by atoms with Gasteiger partial charge >= 0.3 is 6.18 Å². The highest BCUT2D eigenvalue weighted by Crippen LogP contribution is 2.14. The molecule has 0 bridgehead atoms. The largest absolute Gasteiger partial charge is 0.411 e. The summed E-state index contributed by atoms with van der Waals surface area (Å²) in [6.07, 6.45) is -3.71. The summed E-state index contributed by atoms with van der Waals surface area (Å²) >= 11 is 0. The van der Waals surface area contributed by atoms with Crippen LogP contribution in [0.15, 0.2) is 0 Å². The fourth-order valence-corrected chi connectivity index (χ4v) is 2.39. The monoisotopic (exact) mass is 377 g/mol. The summed E-state index contributed by atoms with van der Waals surface area (Å²) in [4.78, 5) is 16.0. The Bertz CT molecular complexity index is 350. The van der Waals surface area contributed by atoms with Gasteiger partial charge in [-0.05, 0) is 6.42 Å². The van der Waals surface area contributed by atoms with Crippen molar-refractivity contribution in [3.05, 3.63) is 0 Å².